The first kappa shape index (κ1) is 24.8. The number of H-pyrrole nitrogens is 1. The number of rotatable bonds is 10. The van der Waals surface area contributed by atoms with Crippen molar-refractivity contribution in [2.24, 2.45) is 0 Å². The van der Waals surface area contributed by atoms with Gasteiger partial charge in [-0.2, -0.15) is 0 Å². The maximum Gasteiger partial charge on any atom is 0.355 e. The minimum Gasteiger partial charge on any atom is -0.466 e. The molecule has 1 aliphatic heterocycles. The van der Waals surface area contributed by atoms with E-state index in [9.17, 15) is 19.2 Å². The molecule has 0 saturated carbocycles. The summed E-state index contributed by atoms with van der Waals surface area (Å²) < 4.78 is 15.3. The Labute approximate surface area is 197 Å². The van der Waals surface area contributed by atoms with Crippen LogP contribution in [0.3, 0.4) is 0 Å². The van der Waals surface area contributed by atoms with Crippen LogP contribution in [0.2, 0.25) is 0 Å². The second kappa shape index (κ2) is 11.3. The van der Waals surface area contributed by atoms with Crippen LogP contribution in [-0.2, 0) is 41.4 Å². The molecule has 0 radical (unpaired) electrons. The number of ether oxygens (including phenoxy) is 3. The van der Waals surface area contributed by atoms with Gasteiger partial charge in [-0.25, -0.2) is 4.79 Å². The molecule has 9 heteroatoms. The normalized spacial score (nSPS) is 13.4. The van der Waals surface area contributed by atoms with Gasteiger partial charge < -0.3 is 24.5 Å². The molecule has 3 rings (SSSR count). The summed E-state index contributed by atoms with van der Waals surface area (Å²) in [6.45, 7) is 5.66. The second-order valence-electron chi connectivity index (χ2n) is 7.44. The van der Waals surface area contributed by atoms with Gasteiger partial charge in [0.05, 0.1) is 31.8 Å². The summed E-state index contributed by atoms with van der Waals surface area (Å²) >= 11 is 0. The number of hydrogen-bond donors (Lipinski definition) is 2. The summed E-state index contributed by atoms with van der Waals surface area (Å²) in [6, 6.07) is 7.23. The van der Waals surface area contributed by atoms with Crippen molar-refractivity contribution in [2.75, 3.05) is 25.1 Å². The zero-order valence-electron chi connectivity index (χ0n) is 19.5. The summed E-state index contributed by atoms with van der Waals surface area (Å²) in [4.78, 5) is 52.8. The number of fused-ring (bicyclic) bond motifs is 1. The van der Waals surface area contributed by atoms with E-state index < -0.39 is 17.9 Å². The molecule has 1 aromatic heterocycles. The number of aromatic nitrogens is 1. The lowest BCUT2D eigenvalue weighted by molar-refractivity contribution is -0.143. The predicted octanol–water partition coefficient (Wildman–Crippen LogP) is 3.29. The monoisotopic (exact) mass is 468 g/mol. The van der Waals surface area contributed by atoms with Gasteiger partial charge in [0, 0.05) is 23.4 Å². The first-order chi connectivity index (χ1) is 16.4. The van der Waals surface area contributed by atoms with Gasteiger partial charge >= 0.3 is 17.9 Å². The quantitative estimate of drug-likeness (QED) is 0.311. The van der Waals surface area contributed by atoms with E-state index in [0.29, 0.717) is 33.6 Å². The van der Waals surface area contributed by atoms with E-state index in [2.05, 4.69) is 10.3 Å². The van der Waals surface area contributed by atoms with Crippen LogP contribution in [0.25, 0.3) is 11.6 Å². The van der Waals surface area contributed by atoms with Gasteiger partial charge in [-0.3, -0.25) is 14.4 Å². The van der Waals surface area contributed by atoms with Crippen molar-refractivity contribution in [3.8, 4) is 0 Å². The van der Waals surface area contributed by atoms with Crippen molar-refractivity contribution >= 4 is 41.2 Å². The van der Waals surface area contributed by atoms with Gasteiger partial charge in [0.2, 0.25) is 0 Å². The Morgan fingerprint density at radius 3 is 2.29 bits per heavy atom. The minimum atomic E-state index is -0.618. The third-order valence-corrected chi connectivity index (χ3v) is 5.24. The SMILES string of the molecule is CCOC(=O)CCc1c(C(=O)OCC)[nH]c(C=C2C(=O)Nc3ccccc32)c1CC(=O)OCC. The van der Waals surface area contributed by atoms with E-state index in [1.807, 2.05) is 12.1 Å². The van der Waals surface area contributed by atoms with Crippen molar-refractivity contribution in [3.05, 3.63) is 52.3 Å². The Bertz CT molecular complexity index is 1130. The Kier molecular flexibility index (Phi) is 8.24. The van der Waals surface area contributed by atoms with Gasteiger partial charge in [0.15, 0.2) is 0 Å². The number of amides is 1. The molecule has 0 unspecified atom stereocenters. The van der Waals surface area contributed by atoms with Crippen molar-refractivity contribution in [1.29, 1.82) is 0 Å². The first-order valence-electron chi connectivity index (χ1n) is 11.2. The van der Waals surface area contributed by atoms with Crippen LogP contribution >= 0.6 is 0 Å². The number of anilines is 1. The highest BCUT2D eigenvalue weighted by Gasteiger charge is 2.28. The average molecular weight is 469 g/mol. The largest absolute Gasteiger partial charge is 0.466 e. The van der Waals surface area contributed by atoms with Crippen LogP contribution in [0.15, 0.2) is 24.3 Å². The highest BCUT2D eigenvalue weighted by atomic mass is 16.5. The van der Waals surface area contributed by atoms with Crippen LogP contribution in [0.5, 0.6) is 0 Å². The number of carbonyl (C=O) groups excluding carboxylic acids is 4. The van der Waals surface area contributed by atoms with Crippen molar-refractivity contribution in [2.45, 2.75) is 40.0 Å². The average Bonchev–Trinajstić information content (AvgIpc) is 3.30. The third kappa shape index (κ3) is 5.54. The molecular weight excluding hydrogens is 440 g/mol. The molecule has 2 N–H and O–H groups in total. The van der Waals surface area contributed by atoms with Gasteiger partial charge in [0.25, 0.3) is 5.91 Å². The fraction of sp³-hybridized carbons (Fsp3) is 0.360. The number of carbonyl (C=O) groups is 4. The Hall–Kier alpha value is -3.88. The van der Waals surface area contributed by atoms with E-state index in [1.54, 1.807) is 39.0 Å². The van der Waals surface area contributed by atoms with Crippen molar-refractivity contribution in [1.82, 2.24) is 4.98 Å². The number of esters is 3. The Morgan fingerprint density at radius 1 is 0.912 bits per heavy atom. The Balaban J connectivity index is 2.12. The van der Waals surface area contributed by atoms with E-state index in [4.69, 9.17) is 14.2 Å². The second-order valence-corrected chi connectivity index (χ2v) is 7.44. The lowest BCUT2D eigenvalue weighted by atomic mass is 9.98. The fourth-order valence-corrected chi connectivity index (χ4v) is 3.82. The summed E-state index contributed by atoms with van der Waals surface area (Å²) in [5.74, 6) is -1.84. The molecule has 1 aromatic carbocycles. The van der Waals surface area contributed by atoms with Crippen LogP contribution < -0.4 is 5.32 Å². The molecule has 2 aromatic rings. The van der Waals surface area contributed by atoms with E-state index in [1.165, 1.54) is 0 Å². The van der Waals surface area contributed by atoms with Gasteiger partial charge in [0.1, 0.15) is 5.69 Å². The number of aromatic amines is 1. The zero-order valence-corrected chi connectivity index (χ0v) is 19.5. The topological polar surface area (TPSA) is 124 Å². The molecule has 0 atom stereocenters. The molecule has 0 saturated heterocycles. The highest BCUT2D eigenvalue weighted by Crippen LogP contribution is 2.34. The number of hydrogen-bond acceptors (Lipinski definition) is 7. The molecule has 2 heterocycles. The molecule has 0 bridgehead atoms. The van der Waals surface area contributed by atoms with Crippen LogP contribution in [0, 0.1) is 0 Å². The molecule has 1 aliphatic rings. The highest BCUT2D eigenvalue weighted by molar-refractivity contribution is 6.34. The smallest absolute Gasteiger partial charge is 0.355 e. The summed E-state index contributed by atoms with van der Waals surface area (Å²) in [5, 5.41) is 2.80. The minimum absolute atomic E-state index is 0.00720. The maximum absolute atomic E-state index is 12.7. The standard InChI is InChI=1S/C25H28N2O7/c1-4-32-21(28)12-11-16-17(14-22(29)33-5-2)20(26-23(16)25(31)34-6-3)13-18-15-9-7-8-10-19(15)27-24(18)30/h7-10,13,26H,4-6,11-12,14H2,1-3H3,(H,27,30). The van der Waals surface area contributed by atoms with Crippen LogP contribution in [-0.4, -0.2) is 48.6 Å². The fourth-order valence-electron chi connectivity index (χ4n) is 3.82. The molecule has 9 nitrogen and oxygen atoms in total. The van der Waals surface area contributed by atoms with E-state index in [-0.39, 0.29) is 50.7 Å². The predicted molar refractivity (Wildman–Crippen MR) is 125 cm³/mol. The van der Waals surface area contributed by atoms with Gasteiger partial charge in [-0.1, -0.05) is 18.2 Å². The molecule has 180 valence electrons. The van der Waals surface area contributed by atoms with Gasteiger partial charge in [-0.15, -0.1) is 0 Å². The number of nitrogens with one attached hydrogen (secondary N) is 2. The first-order valence-corrected chi connectivity index (χ1v) is 11.2. The van der Waals surface area contributed by atoms with Crippen molar-refractivity contribution < 1.29 is 33.4 Å². The maximum atomic E-state index is 12.7. The van der Waals surface area contributed by atoms with E-state index in [0.717, 1.165) is 0 Å². The Morgan fingerprint density at radius 2 is 1.59 bits per heavy atom. The zero-order chi connectivity index (χ0) is 24.7. The molecule has 0 spiro atoms. The number of para-hydroxylation sites is 1. The number of benzene rings is 1. The summed E-state index contributed by atoms with van der Waals surface area (Å²) in [6.07, 6.45) is 1.61. The van der Waals surface area contributed by atoms with Crippen LogP contribution in [0.4, 0.5) is 5.69 Å². The van der Waals surface area contributed by atoms with E-state index >= 15 is 0 Å². The van der Waals surface area contributed by atoms with Gasteiger partial charge in [-0.05, 0) is 50.5 Å². The summed E-state index contributed by atoms with van der Waals surface area (Å²) in [5.41, 5.74) is 3.21. The third-order valence-electron chi connectivity index (χ3n) is 5.24. The molecule has 0 fully saturated rings. The molecule has 0 aliphatic carbocycles. The summed E-state index contributed by atoms with van der Waals surface area (Å²) in [7, 11) is 0. The lowest BCUT2D eigenvalue weighted by Gasteiger charge is -2.08. The van der Waals surface area contributed by atoms with Crippen LogP contribution in [0.1, 0.15) is 60.1 Å². The molecule has 1 amide bonds. The molecule has 34 heavy (non-hydrogen) atoms. The lowest BCUT2D eigenvalue weighted by Crippen LogP contribution is -2.13. The molecular formula is C25H28N2O7. The van der Waals surface area contributed by atoms with Crippen molar-refractivity contribution in [3.63, 3.8) is 0 Å².